The Kier molecular flexibility index (Phi) is 2.79. The lowest BCUT2D eigenvalue weighted by molar-refractivity contribution is 0.661. The van der Waals surface area contributed by atoms with Crippen molar-refractivity contribution in [3.05, 3.63) is 102 Å². The monoisotopic (exact) mass is 407 g/mol. The van der Waals surface area contributed by atoms with E-state index in [0.29, 0.717) is 0 Å². The molecule has 0 unspecified atom stereocenters. The average molecular weight is 408 g/mol. The van der Waals surface area contributed by atoms with E-state index in [4.69, 9.17) is 0 Å². The van der Waals surface area contributed by atoms with E-state index in [9.17, 15) is 0 Å². The van der Waals surface area contributed by atoms with Gasteiger partial charge in [-0.25, -0.2) is 0 Å². The smallest absolute Gasteiger partial charge is 0.0626 e. The number of nitrogens with zero attached hydrogens (tertiary/aromatic N) is 1. The molecule has 2 aromatic heterocycles. The van der Waals surface area contributed by atoms with Crippen LogP contribution in [0.5, 0.6) is 0 Å². The summed E-state index contributed by atoms with van der Waals surface area (Å²) in [5.41, 5.74) is 9.60. The number of hydrogen-bond acceptors (Lipinski definition) is 0. The maximum atomic E-state index is 2.51. The molecule has 0 saturated heterocycles. The maximum absolute atomic E-state index is 2.51. The van der Waals surface area contributed by atoms with Crippen molar-refractivity contribution in [1.29, 1.82) is 0 Å². The van der Waals surface area contributed by atoms with Crippen molar-refractivity contribution in [3.8, 4) is 11.1 Å². The molecule has 0 amide bonds. The molecule has 1 nitrogen and oxygen atoms in total. The number of aromatic nitrogens is 1. The van der Waals surface area contributed by atoms with Crippen molar-refractivity contribution in [3.63, 3.8) is 0 Å². The molecule has 0 radical (unpaired) electrons. The van der Waals surface area contributed by atoms with Gasteiger partial charge in [-0.3, -0.25) is 0 Å². The van der Waals surface area contributed by atoms with Gasteiger partial charge < -0.3 is 4.40 Å². The van der Waals surface area contributed by atoms with Gasteiger partial charge in [-0.05, 0) is 57.3 Å². The topological polar surface area (TPSA) is 4.41 Å². The molecule has 0 atom stereocenters. The van der Waals surface area contributed by atoms with Crippen molar-refractivity contribution in [2.24, 2.45) is 0 Å². The van der Waals surface area contributed by atoms with Crippen LogP contribution in [0.4, 0.5) is 0 Å². The molecule has 150 valence electrons. The van der Waals surface area contributed by atoms with Gasteiger partial charge in [-0.15, -0.1) is 0 Å². The van der Waals surface area contributed by atoms with Crippen LogP contribution in [0.15, 0.2) is 91.0 Å². The normalized spacial score (nSPS) is 14.8. The highest BCUT2D eigenvalue weighted by Gasteiger charge is 2.36. The van der Waals surface area contributed by atoms with Gasteiger partial charge in [0.2, 0.25) is 0 Å². The summed E-state index contributed by atoms with van der Waals surface area (Å²) in [7, 11) is 0. The summed E-state index contributed by atoms with van der Waals surface area (Å²) in [6.07, 6.45) is 0. The summed E-state index contributed by atoms with van der Waals surface area (Å²) >= 11 is 0. The van der Waals surface area contributed by atoms with Gasteiger partial charge in [-0.1, -0.05) is 80.6 Å². The third-order valence-electron chi connectivity index (χ3n) is 7.89. The molecule has 0 saturated carbocycles. The Balaban J connectivity index is 1.68. The average Bonchev–Trinajstić information content (AvgIpc) is 3.41. The summed E-state index contributed by atoms with van der Waals surface area (Å²) in [6, 6.07) is 34.0. The number of hydrogen-bond donors (Lipinski definition) is 0. The molecule has 0 spiro atoms. The van der Waals surface area contributed by atoms with Crippen LogP contribution in [0.3, 0.4) is 0 Å². The molecule has 0 aliphatic heterocycles. The van der Waals surface area contributed by atoms with Crippen molar-refractivity contribution in [2.45, 2.75) is 19.3 Å². The van der Waals surface area contributed by atoms with Crippen molar-refractivity contribution in [1.82, 2.24) is 4.40 Å². The fourth-order valence-electron chi connectivity index (χ4n) is 6.43. The second kappa shape index (κ2) is 5.31. The number of benzene rings is 5. The van der Waals surface area contributed by atoms with Crippen LogP contribution in [-0.4, -0.2) is 4.40 Å². The molecule has 1 aliphatic rings. The first-order valence-electron chi connectivity index (χ1n) is 11.4. The minimum atomic E-state index is 0.0102. The molecule has 7 aromatic rings. The molecule has 1 aliphatic carbocycles. The molecule has 0 fully saturated rings. The van der Waals surface area contributed by atoms with Gasteiger partial charge >= 0.3 is 0 Å². The Bertz CT molecular complexity index is 1900. The van der Waals surface area contributed by atoms with Crippen LogP contribution in [0, 0.1) is 0 Å². The van der Waals surface area contributed by atoms with Gasteiger partial charge in [0, 0.05) is 27.0 Å². The Morgan fingerprint density at radius 2 is 1.31 bits per heavy atom. The molecule has 5 aromatic carbocycles. The summed E-state index contributed by atoms with van der Waals surface area (Å²) in [5.74, 6) is 0. The van der Waals surface area contributed by atoms with Crippen LogP contribution >= 0.6 is 0 Å². The van der Waals surface area contributed by atoms with Gasteiger partial charge in [0.1, 0.15) is 0 Å². The minimum Gasteiger partial charge on any atom is -0.308 e. The van der Waals surface area contributed by atoms with Crippen LogP contribution in [0.2, 0.25) is 0 Å². The summed E-state index contributed by atoms with van der Waals surface area (Å²) < 4.78 is 2.51. The molecule has 8 rings (SSSR count). The third-order valence-corrected chi connectivity index (χ3v) is 7.89. The summed E-state index contributed by atoms with van der Waals surface area (Å²) in [6.45, 7) is 4.73. The lowest BCUT2D eigenvalue weighted by Crippen LogP contribution is -2.14. The van der Waals surface area contributed by atoms with Crippen LogP contribution < -0.4 is 0 Å². The third kappa shape index (κ3) is 1.75. The summed E-state index contributed by atoms with van der Waals surface area (Å²) in [5, 5.41) is 8.10. The first-order valence-corrected chi connectivity index (χ1v) is 11.4. The largest absolute Gasteiger partial charge is 0.308 e. The maximum Gasteiger partial charge on any atom is 0.0626 e. The first kappa shape index (κ1) is 16.8. The Morgan fingerprint density at radius 1 is 0.562 bits per heavy atom. The molecular formula is C31H21N. The number of fused-ring (bicyclic) bond motifs is 11. The van der Waals surface area contributed by atoms with Crippen molar-refractivity contribution in [2.75, 3.05) is 0 Å². The Morgan fingerprint density at radius 3 is 2.22 bits per heavy atom. The predicted molar refractivity (Wildman–Crippen MR) is 136 cm³/mol. The highest BCUT2D eigenvalue weighted by molar-refractivity contribution is 6.31. The molecule has 2 heterocycles. The predicted octanol–water partition coefficient (Wildman–Crippen LogP) is 8.30. The quantitative estimate of drug-likeness (QED) is 0.238. The van der Waals surface area contributed by atoms with Crippen LogP contribution in [0.25, 0.3) is 60.0 Å². The summed E-state index contributed by atoms with van der Waals surface area (Å²) in [4.78, 5) is 0. The fraction of sp³-hybridized carbons (Fsp3) is 0.0968. The minimum absolute atomic E-state index is 0.0102. The van der Waals surface area contributed by atoms with E-state index in [-0.39, 0.29) is 5.41 Å². The van der Waals surface area contributed by atoms with Gasteiger partial charge in [0.25, 0.3) is 0 Å². The van der Waals surface area contributed by atoms with E-state index >= 15 is 0 Å². The zero-order valence-corrected chi connectivity index (χ0v) is 18.1. The molecule has 32 heavy (non-hydrogen) atoms. The van der Waals surface area contributed by atoms with E-state index < -0.39 is 0 Å². The van der Waals surface area contributed by atoms with Gasteiger partial charge in [0.15, 0.2) is 0 Å². The van der Waals surface area contributed by atoms with Crippen molar-refractivity contribution < 1.29 is 0 Å². The number of rotatable bonds is 0. The van der Waals surface area contributed by atoms with Crippen molar-refractivity contribution >= 4 is 48.9 Å². The molecule has 0 bridgehead atoms. The zero-order chi connectivity index (χ0) is 21.2. The SMILES string of the molecule is CC1(C)c2ccccc2-c2cc3c(cc21)c1cc2ccccc2c2c4ccccc4n3c12. The van der Waals surface area contributed by atoms with Gasteiger partial charge in [-0.2, -0.15) is 0 Å². The Hall–Kier alpha value is -3.84. The van der Waals surface area contributed by atoms with E-state index in [1.165, 1.54) is 71.1 Å². The highest BCUT2D eigenvalue weighted by atomic mass is 14.9. The number of para-hydroxylation sites is 1. The van der Waals surface area contributed by atoms with Gasteiger partial charge in [0.05, 0.1) is 16.6 Å². The second-order valence-electron chi connectivity index (χ2n) is 9.81. The Labute approximate surface area is 185 Å². The van der Waals surface area contributed by atoms with E-state index in [1.807, 2.05) is 0 Å². The zero-order valence-electron chi connectivity index (χ0n) is 18.1. The highest BCUT2D eigenvalue weighted by Crippen LogP contribution is 2.52. The lowest BCUT2D eigenvalue weighted by atomic mass is 9.82. The fourth-order valence-corrected chi connectivity index (χ4v) is 6.43. The second-order valence-corrected chi connectivity index (χ2v) is 9.81. The first-order chi connectivity index (χ1) is 15.6. The van der Waals surface area contributed by atoms with Crippen LogP contribution in [0.1, 0.15) is 25.0 Å². The molecule has 0 N–H and O–H groups in total. The van der Waals surface area contributed by atoms with Crippen LogP contribution in [-0.2, 0) is 5.41 Å². The standard InChI is InChI=1S/C31H21N/c1-31(2)25-13-7-5-11-20(25)22-17-28-23(16-26(22)31)24-15-18-9-3-4-10-19(18)29-21-12-6-8-14-27(21)32(28)30(24)29/h3-17H,1-2H3. The molecule has 1 heteroatoms. The van der Waals surface area contributed by atoms with E-state index in [2.05, 4.69) is 109 Å². The lowest BCUT2D eigenvalue weighted by Gasteiger charge is -2.21. The van der Waals surface area contributed by atoms with E-state index in [1.54, 1.807) is 0 Å². The molecular weight excluding hydrogens is 386 g/mol. The van der Waals surface area contributed by atoms with E-state index in [0.717, 1.165) is 0 Å².